The molecule has 2 rings (SSSR count). The molecule has 0 fully saturated rings. The summed E-state index contributed by atoms with van der Waals surface area (Å²) in [6.07, 6.45) is 2.26. The topological polar surface area (TPSA) is 12.0 Å². The third-order valence-electron chi connectivity index (χ3n) is 3.32. The summed E-state index contributed by atoms with van der Waals surface area (Å²) in [5.41, 5.74) is 2.48. The van der Waals surface area contributed by atoms with Gasteiger partial charge in [-0.25, -0.2) is 0 Å². The summed E-state index contributed by atoms with van der Waals surface area (Å²) in [6.45, 7) is 2.99. The highest BCUT2D eigenvalue weighted by Gasteiger charge is 2.09. The summed E-state index contributed by atoms with van der Waals surface area (Å²) in [5.74, 6) is 0. The zero-order chi connectivity index (χ0) is 14.4. The SMILES string of the molecule is CCCC(NCc1ccc(Cl)c(Cl)c1)c1ccccc1.Cl. The molecule has 0 saturated carbocycles. The van der Waals surface area contributed by atoms with E-state index in [1.165, 1.54) is 5.56 Å². The van der Waals surface area contributed by atoms with Crippen molar-refractivity contribution in [3.05, 3.63) is 69.7 Å². The lowest BCUT2D eigenvalue weighted by Crippen LogP contribution is -2.20. The van der Waals surface area contributed by atoms with E-state index in [1.54, 1.807) is 0 Å². The molecule has 0 aliphatic heterocycles. The van der Waals surface area contributed by atoms with Gasteiger partial charge in [-0.15, -0.1) is 12.4 Å². The molecular weight excluding hydrogens is 325 g/mol. The third kappa shape index (κ3) is 5.52. The van der Waals surface area contributed by atoms with Crippen molar-refractivity contribution in [2.24, 2.45) is 0 Å². The van der Waals surface area contributed by atoms with Gasteiger partial charge in [0.15, 0.2) is 0 Å². The second-order valence-corrected chi connectivity index (χ2v) is 5.70. The quantitative estimate of drug-likeness (QED) is 0.673. The Kier molecular flexibility index (Phi) is 8.13. The lowest BCUT2D eigenvalue weighted by Gasteiger charge is -2.19. The molecule has 0 radical (unpaired) electrons. The first kappa shape index (κ1) is 18.3. The molecule has 0 spiro atoms. The summed E-state index contributed by atoms with van der Waals surface area (Å²) in [5, 5.41) is 4.81. The zero-order valence-electron chi connectivity index (χ0n) is 12.0. The Morgan fingerprint density at radius 2 is 1.71 bits per heavy atom. The van der Waals surface area contributed by atoms with Gasteiger partial charge in [0.25, 0.3) is 0 Å². The number of halogens is 3. The normalized spacial score (nSPS) is 11.8. The van der Waals surface area contributed by atoms with E-state index in [-0.39, 0.29) is 12.4 Å². The fraction of sp³-hybridized carbons (Fsp3) is 0.294. The number of nitrogens with one attached hydrogen (secondary N) is 1. The third-order valence-corrected chi connectivity index (χ3v) is 4.05. The second-order valence-electron chi connectivity index (χ2n) is 4.88. The van der Waals surface area contributed by atoms with Gasteiger partial charge >= 0.3 is 0 Å². The van der Waals surface area contributed by atoms with Crippen LogP contribution in [-0.4, -0.2) is 0 Å². The number of rotatable bonds is 6. The average Bonchev–Trinajstić information content (AvgIpc) is 2.48. The van der Waals surface area contributed by atoms with Crippen LogP contribution >= 0.6 is 35.6 Å². The van der Waals surface area contributed by atoms with Crippen molar-refractivity contribution in [3.63, 3.8) is 0 Å². The van der Waals surface area contributed by atoms with Crippen LogP contribution in [0.2, 0.25) is 10.0 Å². The standard InChI is InChI=1S/C17H19Cl2N.ClH/c1-2-6-17(14-7-4-3-5-8-14)20-12-13-9-10-15(18)16(19)11-13;/h3-5,7-11,17,20H,2,6,12H2,1H3;1H. The molecule has 0 aliphatic rings. The molecule has 1 N–H and O–H groups in total. The minimum absolute atomic E-state index is 0. The largest absolute Gasteiger partial charge is 0.306 e. The maximum atomic E-state index is 6.05. The lowest BCUT2D eigenvalue weighted by molar-refractivity contribution is 0.493. The molecule has 114 valence electrons. The van der Waals surface area contributed by atoms with Gasteiger partial charge in [0.05, 0.1) is 10.0 Å². The van der Waals surface area contributed by atoms with E-state index in [4.69, 9.17) is 23.2 Å². The Labute approximate surface area is 143 Å². The van der Waals surface area contributed by atoms with Crippen molar-refractivity contribution < 1.29 is 0 Å². The average molecular weight is 345 g/mol. The molecule has 21 heavy (non-hydrogen) atoms. The first-order valence-corrected chi connectivity index (χ1v) is 7.68. The van der Waals surface area contributed by atoms with E-state index >= 15 is 0 Å². The van der Waals surface area contributed by atoms with Crippen LogP contribution in [0.15, 0.2) is 48.5 Å². The van der Waals surface area contributed by atoms with Crippen molar-refractivity contribution in [2.75, 3.05) is 0 Å². The van der Waals surface area contributed by atoms with Gasteiger partial charge in [-0.1, -0.05) is 72.9 Å². The monoisotopic (exact) mass is 343 g/mol. The summed E-state index contributed by atoms with van der Waals surface area (Å²) in [6, 6.07) is 16.7. The van der Waals surface area contributed by atoms with Crippen LogP contribution in [0.5, 0.6) is 0 Å². The summed E-state index contributed by atoms with van der Waals surface area (Å²) in [4.78, 5) is 0. The maximum absolute atomic E-state index is 6.05. The highest BCUT2D eigenvalue weighted by molar-refractivity contribution is 6.42. The Balaban J connectivity index is 0.00000220. The fourth-order valence-electron chi connectivity index (χ4n) is 2.25. The second kappa shape index (κ2) is 9.32. The van der Waals surface area contributed by atoms with E-state index in [9.17, 15) is 0 Å². The molecule has 0 amide bonds. The minimum atomic E-state index is 0. The van der Waals surface area contributed by atoms with Crippen molar-refractivity contribution in [2.45, 2.75) is 32.4 Å². The van der Waals surface area contributed by atoms with Crippen LogP contribution in [0, 0.1) is 0 Å². The van der Waals surface area contributed by atoms with Gasteiger partial charge in [-0.05, 0) is 29.7 Å². The predicted molar refractivity (Wildman–Crippen MR) is 94.6 cm³/mol. The molecule has 0 saturated heterocycles. The number of hydrogen-bond acceptors (Lipinski definition) is 1. The van der Waals surface area contributed by atoms with Gasteiger partial charge in [0.2, 0.25) is 0 Å². The molecular formula is C17H20Cl3N. The first-order valence-electron chi connectivity index (χ1n) is 6.93. The molecule has 1 unspecified atom stereocenters. The predicted octanol–water partition coefficient (Wildman–Crippen LogP) is 6.05. The van der Waals surface area contributed by atoms with E-state index in [1.807, 2.05) is 24.3 Å². The number of hydrogen-bond donors (Lipinski definition) is 1. The van der Waals surface area contributed by atoms with Crippen LogP contribution < -0.4 is 5.32 Å². The van der Waals surface area contributed by atoms with Crippen molar-refractivity contribution in [3.8, 4) is 0 Å². The van der Waals surface area contributed by atoms with Crippen LogP contribution in [-0.2, 0) is 6.54 Å². The van der Waals surface area contributed by atoms with Gasteiger partial charge in [-0.2, -0.15) is 0 Å². The van der Waals surface area contributed by atoms with E-state index in [0.29, 0.717) is 16.1 Å². The smallest absolute Gasteiger partial charge is 0.0595 e. The van der Waals surface area contributed by atoms with Crippen molar-refractivity contribution in [1.82, 2.24) is 5.32 Å². The fourth-order valence-corrected chi connectivity index (χ4v) is 2.57. The molecule has 1 atom stereocenters. The van der Waals surface area contributed by atoms with Gasteiger partial charge in [-0.3, -0.25) is 0 Å². The molecule has 4 heteroatoms. The maximum Gasteiger partial charge on any atom is 0.0595 e. The molecule has 1 nitrogen and oxygen atoms in total. The molecule has 2 aromatic carbocycles. The van der Waals surface area contributed by atoms with Crippen molar-refractivity contribution >= 4 is 35.6 Å². The zero-order valence-corrected chi connectivity index (χ0v) is 14.3. The van der Waals surface area contributed by atoms with Gasteiger partial charge in [0.1, 0.15) is 0 Å². The van der Waals surface area contributed by atoms with E-state index in [0.717, 1.165) is 24.9 Å². The summed E-state index contributed by atoms with van der Waals surface area (Å²) >= 11 is 12.0. The van der Waals surface area contributed by atoms with Crippen LogP contribution in [0.3, 0.4) is 0 Å². The molecule has 0 aliphatic carbocycles. The summed E-state index contributed by atoms with van der Waals surface area (Å²) < 4.78 is 0. The highest BCUT2D eigenvalue weighted by Crippen LogP contribution is 2.24. The van der Waals surface area contributed by atoms with Crippen LogP contribution in [0.25, 0.3) is 0 Å². The van der Waals surface area contributed by atoms with Gasteiger partial charge in [0, 0.05) is 12.6 Å². The lowest BCUT2D eigenvalue weighted by atomic mass is 10.0. The molecule has 2 aromatic rings. The first-order chi connectivity index (χ1) is 9.70. The Morgan fingerprint density at radius 1 is 1.00 bits per heavy atom. The Morgan fingerprint density at radius 3 is 2.33 bits per heavy atom. The Hall–Kier alpha value is -0.730. The van der Waals surface area contributed by atoms with Crippen LogP contribution in [0.1, 0.15) is 36.9 Å². The molecule has 0 aromatic heterocycles. The van der Waals surface area contributed by atoms with E-state index < -0.39 is 0 Å². The molecule has 0 bridgehead atoms. The van der Waals surface area contributed by atoms with Crippen LogP contribution in [0.4, 0.5) is 0 Å². The van der Waals surface area contributed by atoms with Crippen molar-refractivity contribution in [1.29, 1.82) is 0 Å². The highest BCUT2D eigenvalue weighted by atomic mass is 35.5. The Bertz CT molecular complexity index is 543. The van der Waals surface area contributed by atoms with E-state index in [2.05, 4.69) is 36.5 Å². The summed E-state index contributed by atoms with van der Waals surface area (Å²) in [7, 11) is 0. The number of benzene rings is 2. The van der Waals surface area contributed by atoms with Gasteiger partial charge < -0.3 is 5.32 Å². The molecule has 0 heterocycles. The minimum Gasteiger partial charge on any atom is -0.306 e.